The fraction of sp³-hybridized carbons (Fsp3) is 0.450. The third-order valence-corrected chi connectivity index (χ3v) is 6.06. The van der Waals surface area contributed by atoms with E-state index in [4.69, 9.17) is 11.1 Å². The van der Waals surface area contributed by atoms with Gasteiger partial charge in [-0.25, -0.2) is 4.98 Å². The fourth-order valence-corrected chi connectivity index (χ4v) is 4.46. The predicted molar refractivity (Wildman–Crippen MR) is 106 cm³/mol. The van der Waals surface area contributed by atoms with E-state index < -0.39 is 0 Å². The summed E-state index contributed by atoms with van der Waals surface area (Å²) in [5.41, 5.74) is 7.69. The molecular weight excluding hydrogens is 340 g/mol. The zero-order valence-electron chi connectivity index (χ0n) is 15.8. The van der Waals surface area contributed by atoms with Crippen LogP contribution in [-0.4, -0.2) is 51.2 Å². The Morgan fingerprint density at radius 2 is 1.96 bits per heavy atom. The Morgan fingerprint density at radius 3 is 2.59 bits per heavy atom. The number of nitrogens with two attached hydrogens (primary N) is 1. The van der Waals surface area contributed by atoms with Gasteiger partial charge in [-0.2, -0.15) is 0 Å². The summed E-state index contributed by atoms with van der Waals surface area (Å²) in [6.45, 7) is 0. The zero-order chi connectivity index (χ0) is 19.1. The van der Waals surface area contributed by atoms with Crippen LogP contribution in [0.2, 0.25) is 0 Å². The van der Waals surface area contributed by atoms with Gasteiger partial charge in [0.25, 0.3) is 5.91 Å². The van der Waals surface area contributed by atoms with Crippen molar-refractivity contribution in [2.75, 3.05) is 12.8 Å². The first kappa shape index (κ1) is 17.7. The normalized spacial score (nSPS) is 24.7. The number of nitrogen functional groups attached to an aromatic ring is 1. The summed E-state index contributed by atoms with van der Waals surface area (Å²) >= 11 is 0. The molecule has 142 valence electrons. The summed E-state index contributed by atoms with van der Waals surface area (Å²) in [4.78, 5) is 19.5. The van der Waals surface area contributed by atoms with Crippen LogP contribution >= 0.6 is 0 Å². The van der Waals surface area contributed by atoms with E-state index in [1.807, 2.05) is 23.9 Å². The first-order valence-corrected chi connectivity index (χ1v) is 9.43. The smallest absolute Gasteiger partial charge is 0.270 e. The molecule has 0 spiro atoms. The van der Waals surface area contributed by atoms with Crippen molar-refractivity contribution in [2.24, 2.45) is 7.05 Å². The third kappa shape index (κ3) is 3.23. The van der Waals surface area contributed by atoms with Crippen molar-refractivity contribution < 1.29 is 4.79 Å². The number of hydrogen-bond acceptors (Lipinski definition) is 5. The number of carbonyl (C=O) groups is 1. The third-order valence-electron chi connectivity index (χ3n) is 6.06. The molecule has 2 fully saturated rings. The van der Waals surface area contributed by atoms with Gasteiger partial charge in [0.15, 0.2) is 0 Å². The summed E-state index contributed by atoms with van der Waals surface area (Å²) in [6.07, 6.45) is 7.88. The molecule has 1 amide bonds. The highest BCUT2D eigenvalue weighted by Gasteiger charge is 2.39. The Labute approximate surface area is 159 Å². The van der Waals surface area contributed by atoms with E-state index in [1.165, 1.54) is 12.8 Å². The molecule has 2 bridgehead atoms. The molecule has 4 rings (SSSR count). The number of carbonyl (C=O) groups excluding carboxylic acids is 1. The Morgan fingerprint density at radius 1 is 1.26 bits per heavy atom. The molecule has 2 aromatic rings. The van der Waals surface area contributed by atoms with Gasteiger partial charge in [0, 0.05) is 54.4 Å². The van der Waals surface area contributed by atoms with Crippen molar-refractivity contribution in [3.8, 4) is 11.4 Å². The average molecular weight is 366 g/mol. The summed E-state index contributed by atoms with van der Waals surface area (Å²) in [5.74, 6) is 0.420. The van der Waals surface area contributed by atoms with Crippen molar-refractivity contribution in [1.29, 1.82) is 5.41 Å². The van der Waals surface area contributed by atoms with Gasteiger partial charge >= 0.3 is 0 Å². The van der Waals surface area contributed by atoms with Gasteiger partial charge < -0.3 is 20.5 Å². The minimum absolute atomic E-state index is 0.0881. The molecule has 7 nitrogen and oxygen atoms in total. The Hall–Kier alpha value is -2.67. The molecular formula is C20H26N6O. The molecule has 2 aliphatic rings. The number of piperidine rings is 1. The second-order valence-electron chi connectivity index (χ2n) is 7.73. The van der Waals surface area contributed by atoms with E-state index >= 15 is 0 Å². The minimum atomic E-state index is -0.354. The molecule has 2 atom stereocenters. The monoisotopic (exact) mass is 366 g/mol. The molecule has 4 N–H and O–H groups in total. The van der Waals surface area contributed by atoms with Crippen LogP contribution in [0.1, 0.15) is 31.2 Å². The Kier molecular flexibility index (Phi) is 4.47. The van der Waals surface area contributed by atoms with E-state index in [0.29, 0.717) is 23.3 Å². The van der Waals surface area contributed by atoms with E-state index in [1.54, 1.807) is 18.3 Å². The molecule has 7 heteroatoms. The summed E-state index contributed by atoms with van der Waals surface area (Å²) < 4.78 is 1.90. The second kappa shape index (κ2) is 6.81. The van der Waals surface area contributed by atoms with Crippen LogP contribution in [0, 0.1) is 5.41 Å². The number of amides is 1. The quantitative estimate of drug-likeness (QED) is 0.567. The van der Waals surface area contributed by atoms with E-state index in [0.717, 1.165) is 24.2 Å². The number of aromatic nitrogens is 2. The maximum atomic E-state index is 12.7. The molecule has 2 unspecified atom stereocenters. The lowest BCUT2D eigenvalue weighted by atomic mass is 9.97. The maximum absolute atomic E-state index is 12.7. The van der Waals surface area contributed by atoms with Gasteiger partial charge in [-0.3, -0.25) is 10.2 Å². The van der Waals surface area contributed by atoms with E-state index in [9.17, 15) is 4.79 Å². The van der Waals surface area contributed by atoms with Crippen molar-refractivity contribution >= 4 is 17.3 Å². The van der Waals surface area contributed by atoms with Crippen molar-refractivity contribution in [3.63, 3.8) is 0 Å². The zero-order valence-corrected chi connectivity index (χ0v) is 15.8. The van der Waals surface area contributed by atoms with Crippen molar-refractivity contribution in [2.45, 2.75) is 43.8 Å². The van der Waals surface area contributed by atoms with Gasteiger partial charge in [-0.1, -0.05) is 0 Å². The number of imidazole rings is 1. The Bertz CT molecular complexity index is 874. The van der Waals surface area contributed by atoms with Crippen LogP contribution in [-0.2, 0) is 11.8 Å². The number of benzene rings is 1. The largest absolute Gasteiger partial charge is 0.398 e. The lowest BCUT2D eigenvalue weighted by molar-refractivity contribution is -0.115. The van der Waals surface area contributed by atoms with Crippen LogP contribution in [0.5, 0.6) is 0 Å². The lowest BCUT2D eigenvalue weighted by Crippen LogP contribution is -2.50. The summed E-state index contributed by atoms with van der Waals surface area (Å²) in [6, 6.07) is 6.58. The number of anilines is 1. The first-order valence-electron chi connectivity index (χ1n) is 9.43. The highest BCUT2D eigenvalue weighted by atomic mass is 16.1. The Balaban J connectivity index is 1.51. The lowest BCUT2D eigenvalue weighted by Gasteiger charge is -2.36. The number of rotatable bonds is 4. The van der Waals surface area contributed by atoms with E-state index in [2.05, 4.69) is 22.2 Å². The van der Waals surface area contributed by atoms with Gasteiger partial charge in [-0.15, -0.1) is 0 Å². The predicted octanol–water partition coefficient (Wildman–Crippen LogP) is 1.78. The molecule has 3 heterocycles. The van der Waals surface area contributed by atoms with Gasteiger partial charge in [0.1, 0.15) is 11.5 Å². The topological polar surface area (TPSA) is 100 Å². The van der Waals surface area contributed by atoms with Crippen LogP contribution < -0.4 is 11.1 Å². The molecule has 2 aliphatic heterocycles. The fourth-order valence-electron chi connectivity index (χ4n) is 4.46. The number of aryl methyl sites for hydroxylation is 1. The minimum Gasteiger partial charge on any atom is -0.398 e. The van der Waals surface area contributed by atoms with Crippen LogP contribution in [0.15, 0.2) is 30.6 Å². The molecule has 0 saturated carbocycles. The van der Waals surface area contributed by atoms with Crippen LogP contribution in [0.4, 0.5) is 5.69 Å². The molecule has 0 radical (unpaired) electrons. The molecule has 0 aliphatic carbocycles. The first-order chi connectivity index (χ1) is 12.9. The van der Waals surface area contributed by atoms with Crippen molar-refractivity contribution in [3.05, 3.63) is 36.2 Å². The number of nitrogens with one attached hydrogen (secondary N) is 2. The molecule has 1 aromatic heterocycles. The number of nitrogens with zero attached hydrogens (tertiary/aromatic N) is 3. The van der Waals surface area contributed by atoms with Crippen LogP contribution in [0.3, 0.4) is 0 Å². The van der Waals surface area contributed by atoms with Crippen molar-refractivity contribution in [1.82, 2.24) is 19.8 Å². The molecule has 1 aromatic carbocycles. The highest BCUT2D eigenvalue weighted by Crippen LogP contribution is 2.34. The summed E-state index contributed by atoms with van der Waals surface area (Å²) in [7, 11) is 4.08. The van der Waals surface area contributed by atoms with Gasteiger partial charge in [0.05, 0.1) is 0 Å². The molecule has 27 heavy (non-hydrogen) atoms. The highest BCUT2D eigenvalue weighted by molar-refractivity contribution is 6.45. The maximum Gasteiger partial charge on any atom is 0.270 e. The average Bonchev–Trinajstić information content (AvgIpc) is 3.14. The second-order valence-corrected chi connectivity index (χ2v) is 7.73. The summed E-state index contributed by atoms with van der Waals surface area (Å²) in [5, 5.41) is 11.5. The molecule has 2 saturated heterocycles. The van der Waals surface area contributed by atoms with E-state index in [-0.39, 0.29) is 17.7 Å². The SMILES string of the molecule is CN1C2CCC1CC(NC(=O)C(=N)c1cc(-c3nccn3C)ccc1N)C2. The van der Waals surface area contributed by atoms with Gasteiger partial charge in [0.2, 0.25) is 0 Å². The van der Waals surface area contributed by atoms with Gasteiger partial charge in [-0.05, 0) is 50.9 Å². The standard InChI is InChI=1S/C20H26N6O/c1-25-8-7-23-19(25)12-3-6-17(21)16(9-12)18(22)20(27)24-13-10-14-4-5-15(11-13)26(14)2/h3,6-9,13-15,22H,4-5,10-11,21H2,1-2H3,(H,24,27). The van der Waals surface area contributed by atoms with Crippen LogP contribution in [0.25, 0.3) is 11.4 Å². The number of hydrogen-bond donors (Lipinski definition) is 3. The number of fused-ring (bicyclic) bond motifs is 2.